The number of likely N-dealkylation sites (tertiary alicyclic amines) is 1. The second-order valence-electron chi connectivity index (χ2n) is 9.61. The Hall–Kier alpha value is -3.38. The highest BCUT2D eigenvalue weighted by Gasteiger charge is 2.36. The van der Waals surface area contributed by atoms with Crippen LogP contribution in [0.1, 0.15) is 54.7 Å². The van der Waals surface area contributed by atoms with Crippen LogP contribution in [0.5, 0.6) is 0 Å². The molecule has 34 heavy (non-hydrogen) atoms. The summed E-state index contributed by atoms with van der Waals surface area (Å²) in [4.78, 5) is 15.0. The van der Waals surface area contributed by atoms with Gasteiger partial charge in [0, 0.05) is 32.2 Å². The standard InChI is InChI=1S/C28H32N6/c1-20-9-8-16-29-28(20)25-13-7-12-24(22-19-33-17-6-5-14-27(33)31-22)34(25)18-15-26-30-21-10-3-4-11-23(21)32(26)2/h3-6,8-11,14,16-17,19,24-26,30H,7,12-13,15,18H2,1-2H3/t24-,25+,26?/m1/s1. The first-order chi connectivity index (χ1) is 16.7. The summed E-state index contributed by atoms with van der Waals surface area (Å²) in [7, 11) is 2.19. The average molecular weight is 453 g/mol. The van der Waals surface area contributed by atoms with E-state index in [2.05, 4.69) is 94.4 Å². The molecular weight excluding hydrogens is 420 g/mol. The van der Waals surface area contributed by atoms with Gasteiger partial charge >= 0.3 is 0 Å². The molecule has 1 fully saturated rings. The van der Waals surface area contributed by atoms with Gasteiger partial charge in [-0.1, -0.05) is 24.3 Å². The summed E-state index contributed by atoms with van der Waals surface area (Å²) in [6.07, 6.45) is 11.0. The quantitative estimate of drug-likeness (QED) is 0.428. The molecule has 2 aliphatic rings. The largest absolute Gasteiger partial charge is 0.363 e. The molecule has 0 bridgehead atoms. The maximum atomic E-state index is 5.04. The number of para-hydroxylation sites is 2. The summed E-state index contributed by atoms with van der Waals surface area (Å²) < 4.78 is 2.14. The Labute approximate surface area is 201 Å². The van der Waals surface area contributed by atoms with Crippen LogP contribution in [0.15, 0.2) is 73.2 Å². The van der Waals surface area contributed by atoms with Gasteiger partial charge in [0.25, 0.3) is 0 Å². The zero-order valence-corrected chi connectivity index (χ0v) is 19.9. The molecule has 1 unspecified atom stereocenters. The number of hydrogen-bond donors (Lipinski definition) is 1. The maximum absolute atomic E-state index is 5.04. The topological polar surface area (TPSA) is 48.7 Å². The third-order valence-electron chi connectivity index (χ3n) is 7.58. The number of aromatic nitrogens is 3. The normalized spacial score (nSPS) is 22.6. The van der Waals surface area contributed by atoms with E-state index in [0.717, 1.165) is 31.5 Å². The molecule has 1 aromatic carbocycles. The Morgan fingerprint density at radius 3 is 2.71 bits per heavy atom. The van der Waals surface area contributed by atoms with Gasteiger partial charge in [0.2, 0.25) is 0 Å². The Bertz CT molecular complexity index is 1260. The Morgan fingerprint density at radius 1 is 1.00 bits per heavy atom. The summed E-state index contributed by atoms with van der Waals surface area (Å²) in [6.45, 7) is 3.17. The number of fused-ring (bicyclic) bond motifs is 2. The van der Waals surface area contributed by atoms with Crippen LogP contribution in [0.3, 0.4) is 0 Å². The van der Waals surface area contributed by atoms with Crippen molar-refractivity contribution in [2.24, 2.45) is 0 Å². The van der Waals surface area contributed by atoms with E-state index in [-0.39, 0.29) is 12.2 Å². The minimum absolute atomic E-state index is 0.284. The number of imidazole rings is 1. The monoisotopic (exact) mass is 452 g/mol. The van der Waals surface area contributed by atoms with Crippen LogP contribution >= 0.6 is 0 Å². The summed E-state index contributed by atoms with van der Waals surface area (Å²) in [5.41, 5.74) is 7.17. The Balaban J connectivity index is 1.31. The van der Waals surface area contributed by atoms with Crippen LogP contribution in [0.4, 0.5) is 11.4 Å². The van der Waals surface area contributed by atoms with Gasteiger partial charge in [-0.25, -0.2) is 4.98 Å². The van der Waals surface area contributed by atoms with Crippen LogP contribution in [-0.2, 0) is 0 Å². The number of hydrogen-bond acceptors (Lipinski definition) is 5. The van der Waals surface area contributed by atoms with E-state index in [4.69, 9.17) is 9.97 Å². The smallest absolute Gasteiger partial charge is 0.137 e. The number of benzene rings is 1. The average Bonchev–Trinajstić information content (AvgIpc) is 3.44. The van der Waals surface area contributed by atoms with Crippen molar-refractivity contribution in [2.75, 3.05) is 23.8 Å². The molecule has 6 nitrogen and oxygen atoms in total. The molecule has 1 saturated heterocycles. The number of nitrogens with one attached hydrogen (secondary N) is 1. The number of pyridine rings is 2. The summed E-state index contributed by atoms with van der Waals surface area (Å²) in [6, 6.07) is 19.6. The SMILES string of the molecule is Cc1cccnc1[C@@H]1CCC[C@H](c2cn3ccccc3n2)N1CCC1Nc2ccccc2N1C. The third-order valence-corrected chi connectivity index (χ3v) is 7.58. The Kier molecular flexibility index (Phi) is 5.46. The van der Waals surface area contributed by atoms with E-state index >= 15 is 0 Å². The highest BCUT2D eigenvalue weighted by Crippen LogP contribution is 2.42. The van der Waals surface area contributed by atoms with Crippen LogP contribution in [0.25, 0.3) is 5.65 Å². The van der Waals surface area contributed by atoms with Crippen molar-refractivity contribution in [2.45, 2.75) is 50.9 Å². The van der Waals surface area contributed by atoms with E-state index in [9.17, 15) is 0 Å². The predicted octanol–water partition coefficient (Wildman–Crippen LogP) is 5.58. The predicted molar refractivity (Wildman–Crippen MR) is 137 cm³/mol. The molecule has 1 N–H and O–H groups in total. The summed E-state index contributed by atoms with van der Waals surface area (Å²) in [5, 5.41) is 3.73. The number of anilines is 2. The molecular formula is C28H32N6. The molecule has 0 aliphatic carbocycles. The van der Waals surface area contributed by atoms with Gasteiger partial charge < -0.3 is 14.6 Å². The molecule has 0 radical (unpaired) electrons. The van der Waals surface area contributed by atoms with Crippen LogP contribution in [0.2, 0.25) is 0 Å². The van der Waals surface area contributed by atoms with E-state index in [1.165, 1.54) is 34.7 Å². The zero-order valence-electron chi connectivity index (χ0n) is 19.9. The number of piperidine rings is 1. The second-order valence-corrected chi connectivity index (χ2v) is 9.61. The fourth-order valence-electron chi connectivity index (χ4n) is 5.82. The molecule has 4 aromatic rings. The maximum Gasteiger partial charge on any atom is 0.137 e. The lowest BCUT2D eigenvalue weighted by atomic mass is 9.90. The third kappa shape index (κ3) is 3.72. The molecule has 0 saturated carbocycles. The fourth-order valence-corrected chi connectivity index (χ4v) is 5.82. The van der Waals surface area contributed by atoms with Crippen molar-refractivity contribution in [1.29, 1.82) is 0 Å². The Morgan fingerprint density at radius 2 is 1.85 bits per heavy atom. The molecule has 174 valence electrons. The molecule has 6 heteroatoms. The number of aryl methyl sites for hydroxylation is 1. The van der Waals surface area contributed by atoms with Gasteiger partial charge in [-0.05, 0) is 68.5 Å². The van der Waals surface area contributed by atoms with Crippen molar-refractivity contribution >= 4 is 17.0 Å². The molecule has 3 aromatic heterocycles. The minimum Gasteiger partial charge on any atom is -0.363 e. The lowest BCUT2D eigenvalue weighted by molar-refractivity contribution is 0.0742. The van der Waals surface area contributed by atoms with Crippen LogP contribution < -0.4 is 10.2 Å². The molecule has 0 spiro atoms. The van der Waals surface area contributed by atoms with Gasteiger partial charge in [-0.3, -0.25) is 9.88 Å². The fraction of sp³-hybridized carbons (Fsp3) is 0.357. The second kappa shape index (κ2) is 8.76. The van der Waals surface area contributed by atoms with Gasteiger partial charge in [-0.15, -0.1) is 0 Å². The molecule has 0 amide bonds. The van der Waals surface area contributed by atoms with Gasteiger partial charge in [0.1, 0.15) is 5.65 Å². The van der Waals surface area contributed by atoms with Crippen molar-refractivity contribution < 1.29 is 0 Å². The number of rotatable bonds is 5. The first-order valence-corrected chi connectivity index (χ1v) is 12.4. The zero-order chi connectivity index (χ0) is 23.1. The van der Waals surface area contributed by atoms with Gasteiger partial charge in [0.15, 0.2) is 0 Å². The molecule has 3 atom stereocenters. The molecule has 5 heterocycles. The lowest BCUT2D eigenvalue weighted by Gasteiger charge is -2.42. The van der Waals surface area contributed by atoms with Gasteiger partial charge in [0.05, 0.1) is 41.0 Å². The van der Waals surface area contributed by atoms with Crippen molar-refractivity contribution in [3.63, 3.8) is 0 Å². The van der Waals surface area contributed by atoms with E-state index in [1.807, 2.05) is 12.3 Å². The highest BCUT2D eigenvalue weighted by molar-refractivity contribution is 5.75. The van der Waals surface area contributed by atoms with E-state index in [1.54, 1.807) is 0 Å². The van der Waals surface area contributed by atoms with Gasteiger partial charge in [-0.2, -0.15) is 0 Å². The van der Waals surface area contributed by atoms with Crippen molar-refractivity contribution in [3.8, 4) is 0 Å². The number of nitrogens with zero attached hydrogens (tertiary/aromatic N) is 5. The molecule has 6 rings (SSSR count). The van der Waals surface area contributed by atoms with Crippen LogP contribution in [-0.4, -0.2) is 39.0 Å². The van der Waals surface area contributed by atoms with E-state index in [0.29, 0.717) is 6.04 Å². The minimum atomic E-state index is 0.284. The molecule has 2 aliphatic heterocycles. The first kappa shape index (κ1) is 21.2. The first-order valence-electron chi connectivity index (χ1n) is 12.4. The lowest BCUT2D eigenvalue weighted by Crippen LogP contribution is -2.42. The van der Waals surface area contributed by atoms with Crippen molar-refractivity contribution in [1.82, 2.24) is 19.3 Å². The summed E-state index contributed by atoms with van der Waals surface area (Å²) in [5.74, 6) is 0. The van der Waals surface area contributed by atoms with Crippen molar-refractivity contribution in [3.05, 3.63) is 90.1 Å². The van der Waals surface area contributed by atoms with Crippen LogP contribution in [0, 0.1) is 6.92 Å². The highest BCUT2D eigenvalue weighted by atomic mass is 15.3. The summed E-state index contributed by atoms with van der Waals surface area (Å²) >= 11 is 0. The van der Waals surface area contributed by atoms with E-state index < -0.39 is 0 Å².